The first kappa shape index (κ1) is 14.8. The summed E-state index contributed by atoms with van der Waals surface area (Å²) in [6.07, 6.45) is 6.97. The number of benzene rings is 1. The van der Waals surface area contributed by atoms with Gasteiger partial charge in [0.2, 0.25) is 0 Å². The average molecular weight is 291 g/mol. The fraction of sp³-hybridized carbons (Fsp3) is 0.667. The number of nitrogens with one attached hydrogen (secondary N) is 1. The third-order valence-corrected chi connectivity index (χ3v) is 5.19. The van der Waals surface area contributed by atoms with Crippen LogP contribution >= 0.6 is 0 Å². The van der Waals surface area contributed by atoms with Gasteiger partial charge in [0.05, 0.1) is 0 Å². The van der Waals surface area contributed by atoms with Gasteiger partial charge in [-0.05, 0) is 37.8 Å². The molecule has 1 spiro atoms. The smallest absolute Gasteiger partial charge is 0.127 e. The lowest BCUT2D eigenvalue weighted by Crippen LogP contribution is -2.47. The van der Waals surface area contributed by atoms with Crippen molar-refractivity contribution in [3.63, 3.8) is 0 Å². The van der Waals surface area contributed by atoms with Gasteiger partial charge in [0.1, 0.15) is 17.2 Å². The van der Waals surface area contributed by atoms with E-state index in [-0.39, 0.29) is 17.5 Å². The second-order valence-corrected chi connectivity index (χ2v) is 6.65. The van der Waals surface area contributed by atoms with E-state index in [2.05, 4.69) is 19.2 Å². The Morgan fingerprint density at radius 3 is 2.95 bits per heavy atom. The van der Waals surface area contributed by atoms with Crippen molar-refractivity contribution in [2.24, 2.45) is 5.92 Å². The number of rotatable bonds is 3. The minimum absolute atomic E-state index is 0.0907. The topological polar surface area (TPSA) is 21.3 Å². The molecule has 1 saturated carbocycles. The Morgan fingerprint density at radius 1 is 1.33 bits per heavy atom. The van der Waals surface area contributed by atoms with Crippen LogP contribution in [0.1, 0.15) is 64.0 Å². The summed E-state index contributed by atoms with van der Waals surface area (Å²) >= 11 is 0. The first-order valence-corrected chi connectivity index (χ1v) is 8.37. The minimum atomic E-state index is -0.205. The molecule has 0 bridgehead atoms. The van der Waals surface area contributed by atoms with Crippen LogP contribution in [0.25, 0.3) is 0 Å². The summed E-state index contributed by atoms with van der Waals surface area (Å²) in [4.78, 5) is 0. The summed E-state index contributed by atoms with van der Waals surface area (Å²) in [6.45, 7) is 5.32. The SMILES string of the molecule is CCNC1CC2(CCCC(CC)C2)Oc2cc(F)ccc21. The van der Waals surface area contributed by atoms with Crippen LogP contribution in [0.5, 0.6) is 5.75 Å². The van der Waals surface area contributed by atoms with Crippen LogP contribution in [0.3, 0.4) is 0 Å². The highest BCUT2D eigenvalue weighted by molar-refractivity contribution is 5.39. The van der Waals surface area contributed by atoms with Crippen molar-refractivity contribution >= 4 is 0 Å². The molecule has 2 aliphatic rings. The molecule has 3 rings (SSSR count). The zero-order valence-electron chi connectivity index (χ0n) is 13.1. The first-order chi connectivity index (χ1) is 10.2. The zero-order chi connectivity index (χ0) is 14.9. The third kappa shape index (κ3) is 2.94. The molecule has 1 aromatic carbocycles. The van der Waals surface area contributed by atoms with Crippen LogP contribution in [0.15, 0.2) is 18.2 Å². The summed E-state index contributed by atoms with van der Waals surface area (Å²) in [5.41, 5.74) is 1.02. The lowest BCUT2D eigenvalue weighted by molar-refractivity contribution is -0.0216. The quantitative estimate of drug-likeness (QED) is 0.879. The molecular weight excluding hydrogens is 265 g/mol. The second kappa shape index (κ2) is 5.96. The third-order valence-electron chi connectivity index (χ3n) is 5.19. The first-order valence-electron chi connectivity index (χ1n) is 8.37. The van der Waals surface area contributed by atoms with Crippen molar-refractivity contribution in [1.29, 1.82) is 0 Å². The van der Waals surface area contributed by atoms with Gasteiger partial charge in [-0.15, -0.1) is 0 Å². The second-order valence-electron chi connectivity index (χ2n) is 6.65. The largest absolute Gasteiger partial charge is 0.487 e. The van der Waals surface area contributed by atoms with Crippen molar-refractivity contribution in [2.75, 3.05) is 6.54 Å². The van der Waals surface area contributed by atoms with Crippen molar-refractivity contribution in [1.82, 2.24) is 5.32 Å². The van der Waals surface area contributed by atoms with Crippen LogP contribution < -0.4 is 10.1 Å². The number of halogens is 1. The molecule has 1 aliphatic heterocycles. The highest BCUT2D eigenvalue weighted by Crippen LogP contribution is 2.48. The van der Waals surface area contributed by atoms with Gasteiger partial charge in [0.25, 0.3) is 0 Å². The van der Waals surface area contributed by atoms with Crippen LogP contribution in [0.4, 0.5) is 4.39 Å². The predicted octanol–water partition coefficient (Wildman–Crippen LogP) is 4.60. The maximum absolute atomic E-state index is 13.6. The van der Waals surface area contributed by atoms with E-state index in [1.807, 2.05) is 6.07 Å². The molecule has 0 amide bonds. The van der Waals surface area contributed by atoms with Gasteiger partial charge >= 0.3 is 0 Å². The van der Waals surface area contributed by atoms with Gasteiger partial charge < -0.3 is 10.1 Å². The van der Waals surface area contributed by atoms with E-state index < -0.39 is 0 Å². The van der Waals surface area contributed by atoms with E-state index in [0.29, 0.717) is 0 Å². The van der Waals surface area contributed by atoms with Crippen molar-refractivity contribution < 1.29 is 9.13 Å². The van der Waals surface area contributed by atoms with E-state index in [1.165, 1.54) is 19.3 Å². The molecule has 1 N–H and O–H groups in total. The van der Waals surface area contributed by atoms with Gasteiger partial charge in [0, 0.05) is 24.1 Å². The Bertz CT molecular complexity index is 504. The molecule has 1 heterocycles. The van der Waals surface area contributed by atoms with E-state index in [9.17, 15) is 4.39 Å². The molecule has 0 radical (unpaired) electrons. The van der Waals surface area contributed by atoms with Gasteiger partial charge in [-0.2, -0.15) is 0 Å². The minimum Gasteiger partial charge on any atom is -0.487 e. The summed E-state index contributed by atoms with van der Waals surface area (Å²) in [6, 6.07) is 5.27. The normalized spacial score (nSPS) is 31.8. The van der Waals surface area contributed by atoms with E-state index in [0.717, 1.165) is 43.0 Å². The van der Waals surface area contributed by atoms with Crippen LogP contribution in [0, 0.1) is 11.7 Å². The van der Waals surface area contributed by atoms with Crippen molar-refractivity contribution in [3.8, 4) is 5.75 Å². The van der Waals surface area contributed by atoms with Crippen LogP contribution in [-0.4, -0.2) is 12.1 Å². The molecule has 3 unspecified atom stereocenters. The van der Waals surface area contributed by atoms with Crippen molar-refractivity contribution in [3.05, 3.63) is 29.6 Å². The fourth-order valence-electron chi connectivity index (χ4n) is 4.14. The summed E-state index contributed by atoms with van der Waals surface area (Å²) in [5.74, 6) is 1.30. The highest BCUT2D eigenvalue weighted by Gasteiger charge is 2.43. The standard InChI is InChI=1S/C18H26FNO/c1-3-13-6-5-9-18(11-13)12-16(20-4-2)15-8-7-14(19)10-17(15)21-18/h7-8,10,13,16,20H,3-6,9,11-12H2,1-2H3. The van der Waals surface area contributed by atoms with Crippen LogP contribution in [0.2, 0.25) is 0 Å². The Hall–Kier alpha value is -1.09. The summed E-state index contributed by atoms with van der Waals surface area (Å²) in [5, 5.41) is 3.56. The molecule has 0 saturated heterocycles. The number of hydrogen-bond donors (Lipinski definition) is 1. The van der Waals surface area contributed by atoms with Crippen molar-refractivity contribution in [2.45, 2.75) is 64.0 Å². The Morgan fingerprint density at radius 2 is 2.19 bits per heavy atom. The molecule has 1 fully saturated rings. The highest BCUT2D eigenvalue weighted by atomic mass is 19.1. The Labute approximate surface area is 127 Å². The summed E-state index contributed by atoms with van der Waals surface area (Å²) < 4.78 is 20.0. The van der Waals surface area contributed by atoms with Gasteiger partial charge in [0.15, 0.2) is 0 Å². The van der Waals surface area contributed by atoms with E-state index in [1.54, 1.807) is 12.1 Å². The molecule has 21 heavy (non-hydrogen) atoms. The van der Waals surface area contributed by atoms with Crippen LogP contribution in [-0.2, 0) is 0 Å². The maximum Gasteiger partial charge on any atom is 0.127 e. The van der Waals surface area contributed by atoms with E-state index in [4.69, 9.17) is 4.74 Å². The van der Waals surface area contributed by atoms with E-state index >= 15 is 0 Å². The van der Waals surface area contributed by atoms with Gasteiger partial charge in [-0.25, -0.2) is 4.39 Å². The maximum atomic E-state index is 13.6. The van der Waals surface area contributed by atoms with Gasteiger partial charge in [-0.3, -0.25) is 0 Å². The molecule has 2 nitrogen and oxygen atoms in total. The molecule has 116 valence electrons. The zero-order valence-corrected chi connectivity index (χ0v) is 13.1. The molecule has 1 aliphatic carbocycles. The molecule has 3 heteroatoms. The molecule has 1 aromatic rings. The number of fused-ring (bicyclic) bond motifs is 1. The molecular formula is C18H26FNO. The Balaban J connectivity index is 1.92. The molecule has 0 aromatic heterocycles. The average Bonchev–Trinajstić information content (AvgIpc) is 2.47. The van der Waals surface area contributed by atoms with Gasteiger partial charge in [-0.1, -0.05) is 32.8 Å². The lowest BCUT2D eigenvalue weighted by Gasteiger charge is -2.46. The number of hydrogen-bond acceptors (Lipinski definition) is 2. The predicted molar refractivity (Wildman–Crippen MR) is 83.0 cm³/mol. The lowest BCUT2D eigenvalue weighted by atomic mass is 9.72. The molecule has 3 atom stereocenters. The summed E-state index contributed by atoms with van der Waals surface area (Å²) in [7, 11) is 0. The monoisotopic (exact) mass is 291 g/mol. The fourth-order valence-corrected chi connectivity index (χ4v) is 4.14. The Kier molecular flexibility index (Phi) is 4.21. The number of ether oxygens (including phenoxy) is 1.